The molecule has 0 aliphatic carbocycles. The molecule has 11 rings (SSSR count). The normalized spacial score (nSPS) is 13.2. The van der Waals surface area contributed by atoms with E-state index in [1.165, 1.54) is 59.5 Å². The molecule has 0 unspecified atom stereocenters. The number of aromatic nitrogens is 4. The molecule has 0 amide bonds. The first kappa shape index (κ1) is 30.1. The van der Waals surface area contributed by atoms with E-state index in [2.05, 4.69) is 192 Å². The van der Waals surface area contributed by atoms with E-state index < -0.39 is 8.07 Å². The summed E-state index contributed by atoms with van der Waals surface area (Å²) in [4.78, 5) is 11.0. The largest absolute Gasteiger partial charge is 0.309 e. The maximum absolute atomic E-state index is 5.56. The third kappa shape index (κ3) is 4.35. The van der Waals surface area contributed by atoms with Crippen molar-refractivity contribution in [2.45, 2.75) is 13.1 Å². The van der Waals surface area contributed by atoms with Crippen LogP contribution in [0.4, 0.5) is 0 Å². The Kier molecular flexibility index (Phi) is 6.37. The van der Waals surface area contributed by atoms with E-state index >= 15 is 0 Å². The molecule has 0 saturated heterocycles. The summed E-state index contributed by atoms with van der Waals surface area (Å²) in [6.45, 7) is 4.90. The molecule has 10 aromatic rings. The molecule has 3 aromatic heterocycles. The lowest BCUT2D eigenvalue weighted by atomic mass is 10.1. The van der Waals surface area contributed by atoms with E-state index in [-0.39, 0.29) is 0 Å². The smallest absolute Gasteiger partial charge is 0.160 e. The second-order valence-electron chi connectivity index (χ2n) is 14.6. The average molecular weight is 695 g/mol. The van der Waals surface area contributed by atoms with Gasteiger partial charge in [-0.3, -0.25) is 0 Å². The van der Waals surface area contributed by atoms with E-state index in [9.17, 15) is 0 Å². The fraction of sp³-hybridized carbons (Fsp3) is 0.0417. The molecule has 4 nitrogen and oxygen atoms in total. The van der Waals surface area contributed by atoms with E-state index in [1.807, 2.05) is 0 Å². The summed E-state index contributed by atoms with van der Waals surface area (Å²) in [5.74, 6) is 0.741. The van der Waals surface area contributed by atoms with Crippen LogP contribution in [-0.2, 0) is 0 Å². The van der Waals surface area contributed by atoms with Crippen LogP contribution in [0.2, 0.25) is 13.1 Å². The zero-order valence-corrected chi connectivity index (χ0v) is 30.5. The lowest BCUT2D eigenvalue weighted by Crippen LogP contribution is -2.50. The van der Waals surface area contributed by atoms with Crippen molar-refractivity contribution in [3.05, 3.63) is 170 Å². The fourth-order valence-corrected chi connectivity index (χ4v) is 12.2. The molecule has 0 atom stereocenters. The Hall–Kier alpha value is -6.56. The second kappa shape index (κ2) is 11.2. The molecule has 0 spiro atoms. The van der Waals surface area contributed by atoms with Crippen LogP contribution in [0.5, 0.6) is 0 Å². The van der Waals surface area contributed by atoms with Crippen molar-refractivity contribution in [2.75, 3.05) is 0 Å². The van der Waals surface area contributed by atoms with Gasteiger partial charge in [0.05, 0.1) is 33.5 Å². The van der Waals surface area contributed by atoms with E-state index in [0.717, 1.165) is 39.7 Å². The zero-order valence-electron chi connectivity index (χ0n) is 29.5. The number of rotatable bonds is 4. The van der Waals surface area contributed by atoms with Gasteiger partial charge in [0, 0.05) is 44.0 Å². The van der Waals surface area contributed by atoms with Gasteiger partial charge < -0.3 is 9.13 Å². The van der Waals surface area contributed by atoms with Crippen molar-refractivity contribution < 1.29 is 0 Å². The van der Waals surface area contributed by atoms with Gasteiger partial charge in [0.2, 0.25) is 0 Å². The summed E-state index contributed by atoms with van der Waals surface area (Å²) in [5.41, 5.74) is 12.4. The minimum Gasteiger partial charge on any atom is -0.309 e. The Labute approximate surface area is 308 Å². The SMILES string of the molecule is C[Si]1(C)c2ccccc2-c2nc(-c3cccc(-n4c5ccccc5c5ccccc54)c3)nc(-c3cccc(-n4c5ccccc5c5ccccc54)c3)c21. The third-order valence-corrected chi connectivity index (χ3v) is 14.8. The van der Waals surface area contributed by atoms with Crippen LogP contribution in [0.25, 0.3) is 88.9 Å². The van der Waals surface area contributed by atoms with Gasteiger partial charge in [-0.2, -0.15) is 0 Å². The van der Waals surface area contributed by atoms with Crippen LogP contribution in [0.15, 0.2) is 170 Å². The Morgan fingerprint density at radius 3 is 1.40 bits per heavy atom. The Balaban J connectivity index is 1.15. The molecule has 53 heavy (non-hydrogen) atoms. The molecule has 1 aliphatic rings. The highest BCUT2D eigenvalue weighted by atomic mass is 28.3. The molecule has 250 valence electrons. The maximum Gasteiger partial charge on any atom is 0.160 e. The van der Waals surface area contributed by atoms with Gasteiger partial charge in [0.15, 0.2) is 5.82 Å². The van der Waals surface area contributed by atoms with Crippen molar-refractivity contribution in [3.63, 3.8) is 0 Å². The van der Waals surface area contributed by atoms with Crippen LogP contribution in [0.3, 0.4) is 0 Å². The molecular weight excluding hydrogens is 661 g/mol. The topological polar surface area (TPSA) is 35.6 Å². The van der Waals surface area contributed by atoms with Gasteiger partial charge in [-0.1, -0.05) is 134 Å². The monoisotopic (exact) mass is 694 g/mol. The zero-order chi connectivity index (χ0) is 35.3. The summed E-state index contributed by atoms with van der Waals surface area (Å²) < 4.78 is 4.76. The molecule has 4 heterocycles. The predicted molar refractivity (Wildman–Crippen MR) is 224 cm³/mol. The summed E-state index contributed by atoms with van der Waals surface area (Å²) in [5, 5.41) is 7.73. The minimum absolute atomic E-state index is 0.741. The van der Waals surface area contributed by atoms with Crippen LogP contribution < -0.4 is 10.4 Å². The lowest BCUT2D eigenvalue weighted by molar-refractivity contribution is 1.16. The Morgan fingerprint density at radius 2 is 0.849 bits per heavy atom. The molecule has 0 N–H and O–H groups in total. The quantitative estimate of drug-likeness (QED) is 0.172. The van der Waals surface area contributed by atoms with Crippen molar-refractivity contribution >= 4 is 62.1 Å². The number of fused-ring (bicyclic) bond motifs is 9. The summed E-state index contributed by atoms with van der Waals surface area (Å²) in [6.07, 6.45) is 0. The van der Waals surface area contributed by atoms with Gasteiger partial charge in [0.1, 0.15) is 8.07 Å². The summed E-state index contributed by atoms with van der Waals surface area (Å²) in [7, 11) is -2.16. The van der Waals surface area contributed by atoms with E-state index in [0.29, 0.717) is 0 Å². The molecular formula is C48H34N4Si. The van der Waals surface area contributed by atoms with Crippen molar-refractivity contribution in [2.24, 2.45) is 0 Å². The minimum atomic E-state index is -2.16. The average Bonchev–Trinajstić information content (AvgIpc) is 3.81. The maximum atomic E-state index is 5.56. The first-order chi connectivity index (χ1) is 26.1. The fourth-order valence-electron chi connectivity index (χ4n) is 8.93. The van der Waals surface area contributed by atoms with Gasteiger partial charge in [0.25, 0.3) is 0 Å². The van der Waals surface area contributed by atoms with Gasteiger partial charge in [-0.25, -0.2) is 9.97 Å². The number of para-hydroxylation sites is 4. The predicted octanol–water partition coefficient (Wildman–Crippen LogP) is 10.8. The first-order valence-corrected chi connectivity index (χ1v) is 21.3. The number of hydrogen-bond acceptors (Lipinski definition) is 2. The molecule has 7 aromatic carbocycles. The van der Waals surface area contributed by atoms with Gasteiger partial charge >= 0.3 is 0 Å². The molecule has 0 saturated carbocycles. The molecule has 5 heteroatoms. The van der Waals surface area contributed by atoms with Crippen LogP contribution in [0.1, 0.15) is 0 Å². The first-order valence-electron chi connectivity index (χ1n) is 18.3. The highest BCUT2D eigenvalue weighted by molar-refractivity contribution is 7.04. The Morgan fingerprint density at radius 1 is 0.415 bits per heavy atom. The van der Waals surface area contributed by atoms with Crippen molar-refractivity contribution in [1.29, 1.82) is 0 Å². The second-order valence-corrected chi connectivity index (χ2v) is 18.9. The lowest BCUT2D eigenvalue weighted by Gasteiger charge is -2.22. The van der Waals surface area contributed by atoms with Gasteiger partial charge in [-0.15, -0.1) is 0 Å². The highest BCUT2D eigenvalue weighted by Crippen LogP contribution is 2.37. The third-order valence-electron chi connectivity index (χ3n) is 11.3. The van der Waals surface area contributed by atoms with Crippen LogP contribution >= 0.6 is 0 Å². The van der Waals surface area contributed by atoms with Crippen molar-refractivity contribution in [3.8, 4) is 45.3 Å². The Bertz CT molecular complexity index is 3000. The van der Waals surface area contributed by atoms with Crippen LogP contribution in [-0.4, -0.2) is 27.2 Å². The van der Waals surface area contributed by atoms with Gasteiger partial charge in [-0.05, 0) is 64.5 Å². The number of benzene rings is 7. The van der Waals surface area contributed by atoms with Crippen molar-refractivity contribution in [1.82, 2.24) is 19.1 Å². The van der Waals surface area contributed by atoms with Crippen LogP contribution in [0, 0.1) is 0 Å². The number of hydrogen-bond donors (Lipinski definition) is 0. The molecule has 1 aliphatic heterocycles. The molecule has 0 fully saturated rings. The highest BCUT2D eigenvalue weighted by Gasteiger charge is 2.41. The van der Waals surface area contributed by atoms with E-state index in [1.54, 1.807) is 0 Å². The summed E-state index contributed by atoms with van der Waals surface area (Å²) >= 11 is 0. The standard InChI is InChI=1S/C48H34N4Si/c1-53(2)44-28-12-7-23-39(44)46-47(53)45(31-15-13-17-33(29-31)51-40-24-8-3-19-35(40)36-20-4-9-25-41(36)51)49-48(50-46)32-16-14-18-34(30-32)52-42-26-10-5-21-37(42)38-22-6-11-27-43(38)52/h3-30H,1-2H3. The molecule has 0 bridgehead atoms. The number of nitrogens with zero attached hydrogens (tertiary/aromatic N) is 4. The van der Waals surface area contributed by atoms with E-state index in [4.69, 9.17) is 9.97 Å². The molecule has 0 radical (unpaired) electrons. The summed E-state index contributed by atoms with van der Waals surface area (Å²) in [6, 6.07) is 61.3.